The highest BCUT2D eigenvalue weighted by Gasteiger charge is 2.04. The van der Waals surface area contributed by atoms with Crippen LogP contribution in [0, 0.1) is 11.3 Å². The maximum atomic E-state index is 9.09. The SMILES string of the molecule is COc1ccc(CNc2ccc3[nH]ncc3c2)cc1C#N. The number of nitrogens with one attached hydrogen (secondary N) is 2. The smallest absolute Gasteiger partial charge is 0.136 e. The van der Waals surface area contributed by atoms with Crippen molar-refractivity contribution in [2.45, 2.75) is 6.54 Å². The number of benzene rings is 2. The van der Waals surface area contributed by atoms with Gasteiger partial charge in [-0.25, -0.2) is 0 Å². The van der Waals surface area contributed by atoms with Gasteiger partial charge >= 0.3 is 0 Å². The van der Waals surface area contributed by atoms with Gasteiger partial charge in [-0.3, -0.25) is 5.10 Å². The first-order valence-corrected chi connectivity index (χ1v) is 6.54. The number of hydrogen-bond acceptors (Lipinski definition) is 4. The molecule has 5 heteroatoms. The third-order valence-corrected chi connectivity index (χ3v) is 3.32. The largest absolute Gasteiger partial charge is 0.495 e. The minimum Gasteiger partial charge on any atom is -0.495 e. The molecule has 2 aromatic carbocycles. The van der Waals surface area contributed by atoms with Gasteiger partial charge in [0.2, 0.25) is 0 Å². The molecule has 0 aliphatic carbocycles. The standard InChI is InChI=1S/C16H14N4O/c1-21-16-5-2-11(6-12(16)8-17)9-18-14-3-4-15-13(7-14)10-19-20-15/h2-7,10,18H,9H2,1H3,(H,19,20). The molecule has 104 valence electrons. The van der Waals surface area contributed by atoms with Crippen molar-refractivity contribution in [2.24, 2.45) is 0 Å². The lowest BCUT2D eigenvalue weighted by molar-refractivity contribution is 0.413. The molecule has 0 spiro atoms. The van der Waals surface area contributed by atoms with Crippen LogP contribution in [0.2, 0.25) is 0 Å². The molecule has 1 heterocycles. The van der Waals surface area contributed by atoms with Gasteiger partial charge in [-0.05, 0) is 35.9 Å². The Morgan fingerprint density at radius 2 is 2.19 bits per heavy atom. The Labute approximate surface area is 122 Å². The molecule has 2 N–H and O–H groups in total. The molecule has 0 unspecified atom stereocenters. The van der Waals surface area contributed by atoms with Gasteiger partial charge in [0.1, 0.15) is 11.8 Å². The number of aromatic amines is 1. The number of rotatable bonds is 4. The van der Waals surface area contributed by atoms with Crippen molar-refractivity contribution < 1.29 is 4.74 Å². The molecular formula is C16H14N4O. The van der Waals surface area contributed by atoms with Crippen molar-refractivity contribution >= 4 is 16.6 Å². The fourth-order valence-corrected chi connectivity index (χ4v) is 2.21. The Morgan fingerprint density at radius 1 is 1.29 bits per heavy atom. The molecule has 0 aliphatic rings. The van der Waals surface area contributed by atoms with E-state index in [2.05, 4.69) is 21.6 Å². The molecule has 1 aromatic heterocycles. The zero-order valence-corrected chi connectivity index (χ0v) is 11.6. The van der Waals surface area contributed by atoms with Crippen LogP contribution in [0.3, 0.4) is 0 Å². The third-order valence-electron chi connectivity index (χ3n) is 3.32. The van der Waals surface area contributed by atoms with Crippen LogP contribution in [0.15, 0.2) is 42.6 Å². The molecule has 3 rings (SSSR count). The van der Waals surface area contributed by atoms with Crippen molar-refractivity contribution in [3.8, 4) is 11.8 Å². The number of methoxy groups -OCH3 is 1. The van der Waals surface area contributed by atoms with Gasteiger partial charge < -0.3 is 10.1 Å². The van der Waals surface area contributed by atoms with Crippen LogP contribution >= 0.6 is 0 Å². The molecule has 0 saturated carbocycles. The Kier molecular flexibility index (Phi) is 3.44. The quantitative estimate of drug-likeness (QED) is 0.769. The summed E-state index contributed by atoms with van der Waals surface area (Å²) in [4.78, 5) is 0. The summed E-state index contributed by atoms with van der Waals surface area (Å²) in [5.74, 6) is 0.598. The predicted molar refractivity (Wildman–Crippen MR) is 81.1 cm³/mol. The zero-order valence-electron chi connectivity index (χ0n) is 11.6. The van der Waals surface area contributed by atoms with E-state index < -0.39 is 0 Å². The van der Waals surface area contributed by atoms with Crippen molar-refractivity contribution in [3.63, 3.8) is 0 Å². The lowest BCUT2D eigenvalue weighted by Gasteiger charge is -2.08. The lowest BCUT2D eigenvalue weighted by atomic mass is 10.1. The molecular weight excluding hydrogens is 264 g/mol. The first kappa shape index (κ1) is 13.0. The van der Waals surface area contributed by atoms with Crippen LogP contribution in [0.25, 0.3) is 10.9 Å². The number of fused-ring (bicyclic) bond motifs is 1. The fourth-order valence-electron chi connectivity index (χ4n) is 2.21. The van der Waals surface area contributed by atoms with Gasteiger partial charge in [0.05, 0.1) is 24.4 Å². The second-order valence-corrected chi connectivity index (χ2v) is 4.67. The Hall–Kier alpha value is -3.00. The van der Waals surface area contributed by atoms with Crippen LogP contribution in [0.5, 0.6) is 5.75 Å². The van der Waals surface area contributed by atoms with Crippen LogP contribution in [-0.2, 0) is 6.54 Å². The lowest BCUT2D eigenvalue weighted by Crippen LogP contribution is -2.00. The van der Waals surface area contributed by atoms with Crippen molar-refractivity contribution in [2.75, 3.05) is 12.4 Å². The highest BCUT2D eigenvalue weighted by molar-refractivity contribution is 5.81. The van der Waals surface area contributed by atoms with Crippen LogP contribution < -0.4 is 10.1 Å². The van der Waals surface area contributed by atoms with Gasteiger partial charge in [-0.1, -0.05) is 6.07 Å². The van der Waals surface area contributed by atoms with Gasteiger partial charge in [-0.15, -0.1) is 0 Å². The van der Waals surface area contributed by atoms with Gasteiger partial charge in [-0.2, -0.15) is 10.4 Å². The highest BCUT2D eigenvalue weighted by Crippen LogP contribution is 2.21. The molecule has 3 aromatic rings. The van der Waals surface area contributed by atoms with E-state index in [4.69, 9.17) is 10.00 Å². The first-order valence-electron chi connectivity index (χ1n) is 6.54. The predicted octanol–water partition coefficient (Wildman–Crippen LogP) is 3.06. The summed E-state index contributed by atoms with van der Waals surface area (Å²) in [5.41, 5.74) is 3.59. The van der Waals surface area contributed by atoms with Crippen molar-refractivity contribution in [3.05, 3.63) is 53.7 Å². The molecule has 0 bridgehead atoms. The minimum absolute atomic E-state index is 0.544. The van der Waals surface area contributed by atoms with E-state index in [0.29, 0.717) is 17.9 Å². The average molecular weight is 278 g/mol. The fraction of sp³-hybridized carbons (Fsp3) is 0.125. The normalized spacial score (nSPS) is 10.3. The van der Waals surface area contributed by atoms with Crippen molar-refractivity contribution in [1.82, 2.24) is 10.2 Å². The Bertz CT molecular complexity index is 817. The summed E-state index contributed by atoms with van der Waals surface area (Å²) >= 11 is 0. The van der Waals surface area contributed by atoms with E-state index in [1.54, 1.807) is 13.3 Å². The number of nitrogens with zero attached hydrogens (tertiary/aromatic N) is 2. The number of H-pyrrole nitrogens is 1. The molecule has 21 heavy (non-hydrogen) atoms. The average Bonchev–Trinajstić information content (AvgIpc) is 3.00. The van der Waals surface area contributed by atoms with Crippen LogP contribution in [0.1, 0.15) is 11.1 Å². The van der Waals surface area contributed by atoms with E-state index in [1.165, 1.54) is 0 Å². The van der Waals surface area contributed by atoms with Gasteiger partial charge in [0, 0.05) is 17.6 Å². The van der Waals surface area contributed by atoms with Gasteiger partial charge in [0.15, 0.2) is 0 Å². The minimum atomic E-state index is 0.544. The van der Waals surface area contributed by atoms with Crippen LogP contribution in [-0.4, -0.2) is 17.3 Å². The maximum absolute atomic E-state index is 9.09. The molecule has 0 atom stereocenters. The van der Waals surface area contributed by atoms with Crippen LogP contribution in [0.4, 0.5) is 5.69 Å². The van der Waals surface area contributed by atoms with Crippen molar-refractivity contribution in [1.29, 1.82) is 5.26 Å². The topological polar surface area (TPSA) is 73.7 Å². The summed E-state index contributed by atoms with van der Waals surface area (Å²) in [6.45, 7) is 0.641. The summed E-state index contributed by atoms with van der Waals surface area (Å²) in [6, 6.07) is 13.8. The number of anilines is 1. The second kappa shape index (κ2) is 5.55. The second-order valence-electron chi connectivity index (χ2n) is 4.67. The van der Waals surface area contributed by atoms with E-state index in [1.807, 2.05) is 36.4 Å². The third kappa shape index (κ3) is 2.65. The molecule has 0 aliphatic heterocycles. The number of aromatic nitrogens is 2. The highest BCUT2D eigenvalue weighted by atomic mass is 16.5. The Balaban J connectivity index is 1.76. The molecule has 0 saturated heterocycles. The summed E-state index contributed by atoms with van der Waals surface area (Å²) < 4.78 is 5.14. The summed E-state index contributed by atoms with van der Waals surface area (Å²) in [5, 5.41) is 20.4. The molecule has 5 nitrogen and oxygen atoms in total. The Morgan fingerprint density at radius 3 is 3.00 bits per heavy atom. The zero-order chi connectivity index (χ0) is 14.7. The molecule has 0 radical (unpaired) electrons. The number of ether oxygens (including phenoxy) is 1. The summed E-state index contributed by atoms with van der Waals surface area (Å²) in [6.07, 6.45) is 1.79. The maximum Gasteiger partial charge on any atom is 0.136 e. The first-order chi connectivity index (χ1) is 10.3. The number of nitriles is 1. The van der Waals surface area contributed by atoms with Gasteiger partial charge in [0.25, 0.3) is 0 Å². The molecule has 0 amide bonds. The summed E-state index contributed by atoms with van der Waals surface area (Å²) in [7, 11) is 1.56. The molecule has 0 fully saturated rings. The van der Waals surface area contributed by atoms with E-state index in [9.17, 15) is 0 Å². The van der Waals surface area contributed by atoms with E-state index in [0.717, 1.165) is 22.2 Å². The number of hydrogen-bond donors (Lipinski definition) is 2. The monoisotopic (exact) mass is 278 g/mol. The van der Waals surface area contributed by atoms with E-state index >= 15 is 0 Å². The van der Waals surface area contributed by atoms with E-state index in [-0.39, 0.29) is 0 Å².